The minimum Gasteiger partial charge on any atom is -0.396 e. The highest BCUT2D eigenvalue weighted by atomic mass is 32.2. The number of sulfonamides is 1. The second kappa shape index (κ2) is 4.68. The van der Waals surface area contributed by atoms with E-state index >= 15 is 0 Å². The van der Waals surface area contributed by atoms with Crippen LogP contribution in [0.2, 0.25) is 0 Å². The van der Waals surface area contributed by atoms with Crippen LogP contribution in [-0.2, 0) is 10.0 Å². The summed E-state index contributed by atoms with van der Waals surface area (Å²) in [5, 5.41) is 8.47. The molecule has 1 unspecified atom stereocenters. The van der Waals surface area contributed by atoms with E-state index in [4.69, 9.17) is 10.9 Å². The third-order valence-electron chi connectivity index (χ3n) is 3.70. The van der Waals surface area contributed by atoms with Crippen molar-refractivity contribution in [3.05, 3.63) is 18.2 Å². The lowest BCUT2D eigenvalue weighted by atomic mass is 9.92. The lowest BCUT2D eigenvalue weighted by Gasteiger charge is -2.20. The molecule has 6 heteroatoms. The monoisotopic (exact) mass is 283 g/mol. The summed E-state index contributed by atoms with van der Waals surface area (Å²) in [4.78, 5) is -0.0187. The average molecular weight is 283 g/mol. The first-order chi connectivity index (χ1) is 8.69. The predicted molar refractivity (Wildman–Crippen MR) is 77.3 cm³/mol. The topological polar surface area (TPSA) is 98.2 Å². The van der Waals surface area contributed by atoms with Crippen molar-refractivity contribution in [3.8, 4) is 0 Å². The maximum Gasteiger partial charge on any atom is 0.240 e. The van der Waals surface area contributed by atoms with Crippen LogP contribution in [0.1, 0.15) is 33.1 Å². The number of hydrogen-bond acceptors (Lipinski definition) is 4. The summed E-state index contributed by atoms with van der Waals surface area (Å²) in [5.41, 5.74) is 7.07. The van der Waals surface area contributed by atoms with Crippen molar-refractivity contribution in [2.75, 3.05) is 11.1 Å². The van der Waals surface area contributed by atoms with Gasteiger partial charge in [-0.3, -0.25) is 0 Å². The number of nitrogen functional groups attached to an aromatic ring is 1. The van der Waals surface area contributed by atoms with Gasteiger partial charge >= 0.3 is 0 Å². The molecule has 0 aromatic heterocycles. The average Bonchev–Trinajstić information content (AvgIpc) is 2.59. The highest BCUT2D eigenvalue weighted by Crippen LogP contribution is 2.39. The molecule has 0 heterocycles. The van der Waals surface area contributed by atoms with Crippen LogP contribution >= 0.6 is 0 Å². The molecule has 0 aliphatic heterocycles. The fourth-order valence-corrected chi connectivity index (χ4v) is 3.38. The van der Waals surface area contributed by atoms with Gasteiger partial charge in [0, 0.05) is 6.04 Å². The van der Waals surface area contributed by atoms with Crippen molar-refractivity contribution in [3.63, 3.8) is 0 Å². The standard InChI is InChI=1S/C13H21N3O2S/c1-13(2)7-6-9(8-13)16-10-4-3-5-11(12(10)14)19(15,17)18/h3-5,9,16H,6-8,14H2,1-2H3,(H2,15,17,18). The quantitative estimate of drug-likeness (QED) is 0.738. The molecule has 1 aliphatic carbocycles. The minimum absolute atomic E-state index is 0.0187. The van der Waals surface area contributed by atoms with Gasteiger partial charge in [-0.25, -0.2) is 13.6 Å². The van der Waals surface area contributed by atoms with Crippen LogP contribution in [0.5, 0.6) is 0 Å². The van der Waals surface area contributed by atoms with Gasteiger partial charge in [-0.2, -0.15) is 0 Å². The van der Waals surface area contributed by atoms with E-state index in [0.29, 0.717) is 17.1 Å². The van der Waals surface area contributed by atoms with Gasteiger partial charge in [-0.05, 0) is 36.8 Å². The Morgan fingerprint density at radius 2 is 2.05 bits per heavy atom. The molecule has 5 nitrogen and oxygen atoms in total. The summed E-state index contributed by atoms with van der Waals surface area (Å²) in [7, 11) is -3.78. The molecule has 1 saturated carbocycles. The zero-order valence-electron chi connectivity index (χ0n) is 11.3. The second-order valence-electron chi connectivity index (χ2n) is 6.01. The van der Waals surface area contributed by atoms with Crippen molar-refractivity contribution in [2.24, 2.45) is 10.6 Å². The third-order valence-corrected chi connectivity index (χ3v) is 4.67. The Morgan fingerprint density at radius 3 is 2.58 bits per heavy atom. The first-order valence-electron chi connectivity index (χ1n) is 6.37. The molecule has 0 amide bonds. The molecule has 1 atom stereocenters. The molecule has 19 heavy (non-hydrogen) atoms. The minimum atomic E-state index is -3.78. The highest BCUT2D eigenvalue weighted by molar-refractivity contribution is 7.89. The van der Waals surface area contributed by atoms with Gasteiger partial charge in [0.2, 0.25) is 10.0 Å². The van der Waals surface area contributed by atoms with Crippen LogP contribution in [0.15, 0.2) is 23.1 Å². The molecule has 0 saturated heterocycles. The zero-order chi connectivity index (χ0) is 14.3. The molecular weight excluding hydrogens is 262 g/mol. The van der Waals surface area contributed by atoms with Gasteiger partial charge in [0.15, 0.2) is 0 Å². The fraction of sp³-hybridized carbons (Fsp3) is 0.538. The van der Waals surface area contributed by atoms with Gasteiger partial charge in [0.1, 0.15) is 4.90 Å². The Bertz CT molecular complexity index is 582. The molecule has 0 bridgehead atoms. The van der Waals surface area contributed by atoms with Crippen LogP contribution < -0.4 is 16.2 Å². The zero-order valence-corrected chi connectivity index (χ0v) is 12.1. The van der Waals surface area contributed by atoms with E-state index in [1.54, 1.807) is 12.1 Å². The van der Waals surface area contributed by atoms with E-state index in [0.717, 1.165) is 19.3 Å². The Balaban J connectivity index is 2.23. The van der Waals surface area contributed by atoms with Crippen molar-refractivity contribution >= 4 is 21.4 Å². The van der Waals surface area contributed by atoms with Crippen molar-refractivity contribution in [1.29, 1.82) is 0 Å². The highest BCUT2D eigenvalue weighted by Gasteiger charge is 2.31. The van der Waals surface area contributed by atoms with Crippen molar-refractivity contribution < 1.29 is 8.42 Å². The molecule has 1 aromatic rings. The fourth-order valence-electron chi connectivity index (χ4n) is 2.70. The van der Waals surface area contributed by atoms with E-state index < -0.39 is 10.0 Å². The normalized spacial score (nSPS) is 22.4. The lowest BCUT2D eigenvalue weighted by Crippen LogP contribution is -2.20. The maximum atomic E-state index is 11.4. The molecule has 1 fully saturated rings. The second-order valence-corrected chi connectivity index (χ2v) is 7.54. The molecule has 1 aromatic carbocycles. The number of rotatable bonds is 3. The van der Waals surface area contributed by atoms with E-state index in [9.17, 15) is 8.42 Å². The SMILES string of the molecule is CC1(C)CCC(Nc2cccc(S(N)(=O)=O)c2N)C1. The van der Waals surface area contributed by atoms with Gasteiger partial charge < -0.3 is 11.1 Å². The van der Waals surface area contributed by atoms with Gasteiger partial charge in [-0.1, -0.05) is 19.9 Å². The third kappa shape index (κ3) is 3.19. The maximum absolute atomic E-state index is 11.4. The molecule has 5 N–H and O–H groups in total. The Morgan fingerprint density at radius 1 is 1.37 bits per heavy atom. The summed E-state index contributed by atoms with van der Waals surface area (Å²) in [5.74, 6) is 0. The van der Waals surface area contributed by atoms with Crippen LogP contribution in [0.4, 0.5) is 11.4 Å². The number of nitrogens with one attached hydrogen (secondary N) is 1. The van der Waals surface area contributed by atoms with E-state index in [-0.39, 0.29) is 10.6 Å². The van der Waals surface area contributed by atoms with Gasteiger partial charge in [0.25, 0.3) is 0 Å². The molecule has 106 valence electrons. The van der Waals surface area contributed by atoms with Crippen LogP contribution in [0.3, 0.4) is 0 Å². The van der Waals surface area contributed by atoms with E-state index in [1.165, 1.54) is 6.07 Å². The smallest absolute Gasteiger partial charge is 0.240 e. The number of anilines is 2. The number of primary sulfonamides is 1. The van der Waals surface area contributed by atoms with E-state index in [1.807, 2.05) is 0 Å². The number of hydrogen-bond donors (Lipinski definition) is 3. The first-order valence-corrected chi connectivity index (χ1v) is 7.91. The molecule has 2 rings (SSSR count). The summed E-state index contributed by atoms with van der Waals surface area (Å²) in [6.45, 7) is 4.47. The largest absolute Gasteiger partial charge is 0.396 e. The Kier molecular flexibility index (Phi) is 3.49. The summed E-state index contributed by atoms with van der Waals surface area (Å²) < 4.78 is 22.8. The van der Waals surface area contributed by atoms with E-state index in [2.05, 4.69) is 19.2 Å². The lowest BCUT2D eigenvalue weighted by molar-refractivity contribution is 0.378. The number of benzene rings is 1. The van der Waals surface area contributed by atoms with Crippen LogP contribution in [0.25, 0.3) is 0 Å². The number of para-hydroxylation sites is 1. The molecule has 0 radical (unpaired) electrons. The number of nitrogens with two attached hydrogens (primary N) is 2. The van der Waals surface area contributed by atoms with Gasteiger partial charge in [-0.15, -0.1) is 0 Å². The molecule has 1 aliphatic rings. The molecular formula is C13H21N3O2S. The van der Waals surface area contributed by atoms with Crippen LogP contribution in [-0.4, -0.2) is 14.5 Å². The van der Waals surface area contributed by atoms with Crippen molar-refractivity contribution in [2.45, 2.75) is 44.0 Å². The first kappa shape index (κ1) is 14.1. The van der Waals surface area contributed by atoms with Gasteiger partial charge in [0.05, 0.1) is 11.4 Å². The predicted octanol–water partition coefficient (Wildman–Crippen LogP) is 1.91. The van der Waals surface area contributed by atoms with Crippen LogP contribution in [0, 0.1) is 5.41 Å². The Labute approximate surface area is 114 Å². The summed E-state index contributed by atoms with van der Waals surface area (Å²) in [6.07, 6.45) is 3.26. The van der Waals surface area contributed by atoms with Crippen molar-refractivity contribution in [1.82, 2.24) is 0 Å². The Hall–Kier alpha value is -1.27. The summed E-state index contributed by atoms with van der Waals surface area (Å²) >= 11 is 0. The molecule has 0 spiro atoms. The summed E-state index contributed by atoms with van der Waals surface area (Å²) in [6, 6.07) is 5.19.